The first-order valence-corrected chi connectivity index (χ1v) is 11.2. The summed E-state index contributed by atoms with van der Waals surface area (Å²) in [5.74, 6) is -0.321. The number of carbonyl (C=O) groups is 1. The minimum atomic E-state index is -3.55. The largest absolute Gasteiger partial charge is 0.322 e. The number of aromatic nitrogens is 2. The molecule has 2 N–H and O–H groups in total. The third-order valence-electron chi connectivity index (χ3n) is 4.64. The SMILES string of the molecule is CCNS(=O)(=O)c1ccc(NC(=O)c2cc(-c3ccccn3)nc3ccccc23)cc1. The lowest BCUT2D eigenvalue weighted by molar-refractivity contribution is 0.102. The molecular weight excluding hydrogens is 412 g/mol. The van der Waals surface area contributed by atoms with E-state index >= 15 is 0 Å². The topological polar surface area (TPSA) is 101 Å². The van der Waals surface area contributed by atoms with Gasteiger partial charge in [0, 0.05) is 23.8 Å². The average molecular weight is 433 g/mol. The Balaban J connectivity index is 1.68. The Morgan fingerprint density at radius 2 is 1.68 bits per heavy atom. The van der Waals surface area contributed by atoms with Crippen LogP contribution in [0.1, 0.15) is 17.3 Å². The summed E-state index contributed by atoms with van der Waals surface area (Å²) < 4.78 is 26.6. The van der Waals surface area contributed by atoms with Crippen molar-refractivity contribution in [1.82, 2.24) is 14.7 Å². The van der Waals surface area contributed by atoms with Crippen molar-refractivity contribution in [2.75, 3.05) is 11.9 Å². The molecule has 2 heterocycles. The van der Waals surface area contributed by atoms with E-state index < -0.39 is 10.0 Å². The van der Waals surface area contributed by atoms with Crippen LogP contribution >= 0.6 is 0 Å². The van der Waals surface area contributed by atoms with Crippen LogP contribution < -0.4 is 10.0 Å². The Labute approximate surface area is 180 Å². The van der Waals surface area contributed by atoms with Gasteiger partial charge < -0.3 is 5.32 Å². The lowest BCUT2D eigenvalue weighted by Crippen LogP contribution is -2.23. The highest BCUT2D eigenvalue weighted by Crippen LogP contribution is 2.25. The average Bonchev–Trinajstić information content (AvgIpc) is 2.79. The Bertz CT molecular complexity index is 1340. The highest BCUT2D eigenvalue weighted by atomic mass is 32.2. The Morgan fingerprint density at radius 1 is 0.935 bits per heavy atom. The van der Waals surface area contributed by atoms with Gasteiger partial charge in [0.05, 0.1) is 27.4 Å². The molecule has 7 nitrogen and oxygen atoms in total. The van der Waals surface area contributed by atoms with E-state index in [0.29, 0.717) is 40.1 Å². The number of carbonyl (C=O) groups excluding carboxylic acids is 1. The number of hydrogen-bond donors (Lipinski definition) is 2. The van der Waals surface area contributed by atoms with Crippen LogP contribution in [0.15, 0.2) is 83.9 Å². The van der Waals surface area contributed by atoms with Gasteiger partial charge in [0.1, 0.15) is 0 Å². The first kappa shape index (κ1) is 20.6. The zero-order valence-corrected chi connectivity index (χ0v) is 17.6. The van der Waals surface area contributed by atoms with Crippen LogP contribution in [0.25, 0.3) is 22.3 Å². The first-order valence-electron chi connectivity index (χ1n) is 9.70. The van der Waals surface area contributed by atoms with Crippen LogP contribution in [-0.2, 0) is 10.0 Å². The molecule has 31 heavy (non-hydrogen) atoms. The molecule has 8 heteroatoms. The maximum absolute atomic E-state index is 13.1. The van der Waals surface area contributed by atoms with Gasteiger partial charge in [-0.2, -0.15) is 0 Å². The number of anilines is 1. The van der Waals surface area contributed by atoms with Crippen molar-refractivity contribution >= 4 is 32.5 Å². The molecule has 4 aromatic rings. The van der Waals surface area contributed by atoms with E-state index in [1.54, 1.807) is 31.3 Å². The smallest absolute Gasteiger partial charge is 0.256 e. The molecule has 0 saturated carbocycles. The number of pyridine rings is 2. The van der Waals surface area contributed by atoms with Gasteiger partial charge in [-0.1, -0.05) is 31.2 Å². The van der Waals surface area contributed by atoms with E-state index in [1.165, 1.54) is 12.1 Å². The van der Waals surface area contributed by atoms with Gasteiger partial charge in [0.2, 0.25) is 10.0 Å². The fourth-order valence-electron chi connectivity index (χ4n) is 3.20. The van der Waals surface area contributed by atoms with Crippen molar-refractivity contribution in [1.29, 1.82) is 0 Å². The molecule has 2 aromatic heterocycles. The van der Waals surface area contributed by atoms with E-state index in [9.17, 15) is 13.2 Å². The molecule has 1 amide bonds. The minimum Gasteiger partial charge on any atom is -0.322 e. The van der Waals surface area contributed by atoms with Gasteiger partial charge in [-0.05, 0) is 48.5 Å². The van der Waals surface area contributed by atoms with E-state index in [-0.39, 0.29) is 10.8 Å². The van der Waals surface area contributed by atoms with Crippen molar-refractivity contribution in [3.05, 3.63) is 84.6 Å². The molecule has 0 saturated heterocycles. The van der Waals surface area contributed by atoms with Gasteiger partial charge in [-0.25, -0.2) is 18.1 Å². The van der Waals surface area contributed by atoms with E-state index in [0.717, 1.165) is 0 Å². The number of sulfonamides is 1. The molecule has 0 aliphatic carbocycles. The third kappa shape index (κ3) is 4.45. The van der Waals surface area contributed by atoms with Gasteiger partial charge in [-0.15, -0.1) is 0 Å². The number of nitrogens with zero attached hydrogens (tertiary/aromatic N) is 2. The molecule has 0 unspecified atom stereocenters. The minimum absolute atomic E-state index is 0.138. The van der Waals surface area contributed by atoms with Crippen LogP contribution in [0, 0.1) is 0 Å². The second kappa shape index (κ2) is 8.63. The summed E-state index contributed by atoms with van der Waals surface area (Å²) in [4.78, 5) is 22.2. The summed E-state index contributed by atoms with van der Waals surface area (Å²) >= 11 is 0. The molecule has 2 aromatic carbocycles. The quantitative estimate of drug-likeness (QED) is 0.482. The number of hydrogen-bond acceptors (Lipinski definition) is 5. The zero-order chi connectivity index (χ0) is 21.8. The number of amides is 1. The molecule has 0 aliphatic heterocycles. The van der Waals surface area contributed by atoms with Crippen molar-refractivity contribution in [2.24, 2.45) is 0 Å². The van der Waals surface area contributed by atoms with Crippen molar-refractivity contribution in [3.63, 3.8) is 0 Å². The van der Waals surface area contributed by atoms with Gasteiger partial charge in [-0.3, -0.25) is 9.78 Å². The molecule has 4 rings (SSSR count). The number of rotatable bonds is 6. The molecule has 0 bridgehead atoms. The van der Waals surface area contributed by atoms with Gasteiger partial charge in [0.15, 0.2) is 0 Å². The summed E-state index contributed by atoms with van der Waals surface area (Å²) in [7, 11) is -3.55. The monoisotopic (exact) mass is 432 g/mol. The summed E-state index contributed by atoms with van der Waals surface area (Å²) in [5.41, 5.74) is 2.89. The standard InChI is InChI=1S/C23H20N4O3S/c1-2-25-31(29,30)17-12-10-16(11-13-17)26-23(28)19-15-22(21-9-5-6-14-24-21)27-20-8-4-3-7-18(19)20/h3-15,25H,2H2,1H3,(H,26,28). The fraction of sp³-hybridized carbons (Fsp3) is 0.0870. The maximum Gasteiger partial charge on any atom is 0.256 e. The molecule has 0 spiro atoms. The number of benzene rings is 2. The zero-order valence-electron chi connectivity index (χ0n) is 16.7. The summed E-state index contributed by atoms with van der Waals surface area (Å²) in [6.45, 7) is 2.01. The Hall–Kier alpha value is -3.62. The second-order valence-corrected chi connectivity index (χ2v) is 8.53. The molecular formula is C23H20N4O3S. The van der Waals surface area contributed by atoms with Gasteiger partial charge >= 0.3 is 0 Å². The Morgan fingerprint density at radius 3 is 2.39 bits per heavy atom. The number of para-hydroxylation sites is 1. The van der Waals surface area contributed by atoms with Crippen molar-refractivity contribution < 1.29 is 13.2 Å². The maximum atomic E-state index is 13.1. The predicted molar refractivity (Wildman–Crippen MR) is 120 cm³/mol. The van der Waals surface area contributed by atoms with Crippen molar-refractivity contribution in [3.8, 4) is 11.4 Å². The highest BCUT2D eigenvalue weighted by Gasteiger charge is 2.16. The Kier molecular flexibility index (Phi) is 5.75. The van der Waals surface area contributed by atoms with Crippen LogP contribution in [0.2, 0.25) is 0 Å². The lowest BCUT2D eigenvalue weighted by atomic mass is 10.1. The fourth-order valence-corrected chi connectivity index (χ4v) is 4.24. The van der Waals surface area contributed by atoms with E-state index in [1.807, 2.05) is 42.5 Å². The number of nitrogens with one attached hydrogen (secondary N) is 2. The molecule has 156 valence electrons. The molecule has 0 aliphatic rings. The first-order chi connectivity index (χ1) is 15.0. The predicted octanol–water partition coefficient (Wildman–Crippen LogP) is 3.85. The van der Waals surface area contributed by atoms with Crippen LogP contribution in [0.5, 0.6) is 0 Å². The summed E-state index contributed by atoms with van der Waals surface area (Å²) in [6.07, 6.45) is 1.68. The summed E-state index contributed by atoms with van der Waals surface area (Å²) in [6, 6.07) is 20.7. The van der Waals surface area contributed by atoms with Crippen LogP contribution in [-0.4, -0.2) is 30.8 Å². The number of fused-ring (bicyclic) bond motifs is 1. The lowest BCUT2D eigenvalue weighted by Gasteiger charge is -2.11. The van der Waals surface area contributed by atoms with Crippen LogP contribution in [0.4, 0.5) is 5.69 Å². The van der Waals surface area contributed by atoms with E-state index in [4.69, 9.17) is 0 Å². The van der Waals surface area contributed by atoms with Crippen molar-refractivity contribution in [2.45, 2.75) is 11.8 Å². The highest BCUT2D eigenvalue weighted by molar-refractivity contribution is 7.89. The van der Waals surface area contributed by atoms with Crippen LogP contribution in [0.3, 0.4) is 0 Å². The van der Waals surface area contributed by atoms with Gasteiger partial charge in [0.25, 0.3) is 5.91 Å². The second-order valence-electron chi connectivity index (χ2n) is 6.77. The third-order valence-corrected chi connectivity index (χ3v) is 6.21. The molecule has 0 atom stereocenters. The molecule has 0 fully saturated rings. The van der Waals surface area contributed by atoms with E-state index in [2.05, 4.69) is 20.0 Å². The molecule has 0 radical (unpaired) electrons. The normalized spacial score (nSPS) is 11.4. The summed E-state index contributed by atoms with van der Waals surface area (Å²) in [5, 5.41) is 3.55.